The highest BCUT2D eigenvalue weighted by atomic mass is 15.0. The standard InChI is InChI=1S/C20H39N/c1-5-6-9-17-12-14-20(15-13-17,16-21-19(2,3)4)18-10-7-8-11-18/h17-18,21H,5-16H2,1-4H3. The first-order valence-electron chi connectivity index (χ1n) is 9.70. The first kappa shape index (κ1) is 17.3. The van der Waals surface area contributed by atoms with E-state index in [9.17, 15) is 0 Å². The van der Waals surface area contributed by atoms with Crippen LogP contribution >= 0.6 is 0 Å². The molecule has 0 aliphatic heterocycles. The molecule has 1 N–H and O–H groups in total. The fraction of sp³-hybridized carbons (Fsp3) is 1.00. The van der Waals surface area contributed by atoms with E-state index in [1.165, 1.54) is 77.2 Å². The Labute approximate surface area is 133 Å². The van der Waals surface area contributed by atoms with Crippen molar-refractivity contribution in [2.75, 3.05) is 6.54 Å². The van der Waals surface area contributed by atoms with Gasteiger partial charge in [-0.3, -0.25) is 0 Å². The summed E-state index contributed by atoms with van der Waals surface area (Å²) in [6, 6.07) is 0. The average molecular weight is 294 g/mol. The summed E-state index contributed by atoms with van der Waals surface area (Å²) in [6.45, 7) is 10.6. The van der Waals surface area contributed by atoms with Gasteiger partial charge in [-0.2, -0.15) is 0 Å². The molecule has 0 amide bonds. The summed E-state index contributed by atoms with van der Waals surface area (Å²) in [4.78, 5) is 0. The minimum absolute atomic E-state index is 0.269. The SMILES string of the molecule is CCCCC1CCC(CNC(C)(C)C)(C2CCCC2)CC1. The normalized spacial score (nSPS) is 31.7. The zero-order valence-electron chi connectivity index (χ0n) is 15.1. The number of hydrogen-bond donors (Lipinski definition) is 1. The van der Waals surface area contributed by atoms with Crippen molar-refractivity contribution in [2.24, 2.45) is 17.3 Å². The van der Waals surface area contributed by atoms with Gasteiger partial charge in [-0.15, -0.1) is 0 Å². The topological polar surface area (TPSA) is 12.0 Å². The Morgan fingerprint density at radius 1 is 1.00 bits per heavy atom. The van der Waals surface area contributed by atoms with E-state index < -0.39 is 0 Å². The predicted octanol–water partition coefficient (Wildman–Crippen LogP) is 5.93. The summed E-state index contributed by atoms with van der Waals surface area (Å²) in [6.07, 6.45) is 16.3. The minimum atomic E-state index is 0.269. The second-order valence-corrected chi connectivity index (χ2v) is 9.03. The highest BCUT2D eigenvalue weighted by Crippen LogP contribution is 2.50. The molecule has 0 aromatic rings. The van der Waals surface area contributed by atoms with Gasteiger partial charge >= 0.3 is 0 Å². The molecule has 2 aliphatic carbocycles. The van der Waals surface area contributed by atoms with Gasteiger partial charge in [0.1, 0.15) is 0 Å². The van der Waals surface area contributed by atoms with E-state index in [1.54, 1.807) is 0 Å². The number of nitrogens with one attached hydrogen (secondary N) is 1. The van der Waals surface area contributed by atoms with Crippen LogP contribution < -0.4 is 5.32 Å². The van der Waals surface area contributed by atoms with Gasteiger partial charge in [0.05, 0.1) is 0 Å². The Kier molecular flexibility index (Phi) is 6.17. The first-order valence-corrected chi connectivity index (χ1v) is 9.70. The van der Waals surface area contributed by atoms with E-state index in [0.29, 0.717) is 5.41 Å². The van der Waals surface area contributed by atoms with Crippen molar-refractivity contribution in [3.63, 3.8) is 0 Å². The van der Waals surface area contributed by atoms with Crippen LogP contribution in [-0.2, 0) is 0 Å². The second-order valence-electron chi connectivity index (χ2n) is 9.03. The lowest BCUT2D eigenvalue weighted by Gasteiger charge is -2.46. The molecule has 0 bridgehead atoms. The van der Waals surface area contributed by atoms with E-state index in [2.05, 4.69) is 33.0 Å². The molecule has 2 aliphatic rings. The van der Waals surface area contributed by atoms with Gasteiger partial charge in [-0.05, 0) is 76.5 Å². The highest BCUT2D eigenvalue weighted by molar-refractivity contribution is 4.95. The van der Waals surface area contributed by atoms with Crippen molar-refractivity contribution in [1.29, 1.82) is 0 Å². The van der Waals surface area contributed by atoms with Crippen molar-refractivity contribution >= 4 is 0 Å². The van der Waals surface area contributed by atoms with Crippen LogP contribution in [-0.4, -0.2) is 12.1 Å². The Morgan fingerprint density at radius 3 is 2.14 bits per heavy atom. The maximum atomic E-state index is 3.87. The van der Waals surface area contributed by atoms with Crippen molar-refractivity contribution in [2.45, 2.75) is 104 Å². The van der Waals surface area contributed by atoms with Crippen molar-refractivity contribution in [3.05, 3.63) is 0 Å². The van der Waals surface area contributed by atoms with Crippen LogP contribution in [0.15, 0.2) is 0 Å². The maximum absolute atomic E-state index is 3.87. The monoisotopic (exact) mass is 293 g/mol. The molecule has 0 spiro atoms. The molecule has 0 unspecified atom stereocenters. The van der Waals surface area contributed by atoms with Crippen LogP contribution in [0.3, 0.4) is 0 Å². The Balaban J connectivity index is 1.94. The molecule has 1 nitrogen and oxygen atoms in total. The summed E-state index contributed by atoms with van der Waals surface area (Å²) in [5, 5.41) is 3.87. The molecule has 0 heterocycles. The summed E-state index contributed by atoms with van der Waals surface area (Å²) >= 11 is 0. The zero-order valence-corrected chi connectivity index (χ0v) is 15.1. The summed E-state index contributed by atoms with van der Waals surface area (Å²) in [5.41, 5.74) is 0.900. The van der Waals surface area contributed by atoms with E-state index >= 15 is 0 Å². The van der Waals surface area contributed by atoms with Crippen molar-refractivity contribution in [1.82, 2.24) is 5.32 Å². The van der Waals surface area contributed by atoms with Gasteiger partial charge in [0.15, 0.2) is 0 Å². The van der Waals surface area contributed by atoms with E-state index in [4.69, 9.17) is 0 Å². The lowest BCUT2D eigenvalue weighted by atomic mass is 9.62. The molecule has 0 aromatic heterocycles. The fourth-order valence-corrected chi connectivity index (χ4v) is 4.74. The highest BCUT2D eigenvalue weighted by Gasteiger charge is 2.42. The molecule has 124 valence electrons. The Bertz CT molecular complexity index is 287. The van der Waals surface area contributed by atoms with Gasteiger partial charge < -0.3 is 5.32 Å². The van der Waals surface area contributed by atoms with Crippen LogP contribution in [0.25, 0.3) is 0 Å². The Hall–Kier alpha value is -0.0400. The number of rotatable bonds is 6. The van der Waals surface area contributed by atoms with Crippen LogP contribution in [0.1, 0.15) is 98.3 Å². The minimum Gasteiger partial charge on any atom is -0.312 e. The molecule has 2 fully saturated rings. The van der Waals surface area contributed by atoms with Crippen LogP contribution in [0.5, 0.6) is 0 Å². The largest absolute Gasteiger partial charge is 0.312 e. The van der Waals surface area contributed by atoms with Gasteiger partial charge in [-0.1, -0.05) is 39.0 Å². The number of unbranched alkanes of at least 4 members (excludes halogenated alkanes) is 1. The lowest BCUT2D eigenvalue weighted by Crippen LogP contribution is -2.48. The van der Waals surface area contributed by atoms with E-state index in [1.807, 2.05) is 0 Å². The molecular formula is C20H39N. The molecule has 21 heavy (non-hydrogen) atoms. The van der Waals surface area contributed by atoms with E-state index in [0.717, 1.165) is 11.8 Å². The third-order valence-electron chi connectivity index (χ3n) is 6.26. The lowest BCUT2D eigenvalue weighted by molar-refractivity contribution is 0.0637. The van der Waals surface area contributed by atoms with Crippen molar-refractivity contribution < 1.29 is 0 Å². The van der Waals surface area contributed by atoms with Gasteiger partial charge in [0.2, 0.25) is 0 Å². The summed E-state index contributed by atoms with van der Waals surface area (Å²) < 4.78 is 0. The molecule has 0 atom stereocenters. The van der Waals surface area contributed by atoms with Crippen LogP contribution in [0.2, 0.25) is 0 Å². The van der Waals surface area contributed by atoms with Crippen LogP contribution in [0, 0.1) is 17.3 Å². The average Bonchev–Trinajstić information content (AvgIpc) is 2.98. The molecular weight excluding hydrogens is 254 g/mol. The molecule has 2 rings (SSSR count). The summed E-state index contributed by atoms with van der Waals surface area (Å²) in [5.74, 6) is 2.05. The number of hydrogen-bond acceptors (Lipinski definition) is 1. The molecule has 0 radical (unpaired) electrons. The Morgan fingerprint density at radius 2 is 1.62 bits per heavy atom. The van der Waals surface area contributed by atoms with Gasteiger partial charge in [0.25, 0.3) is 0 Å². The molecule has 0 saturated heterocycles. The molecule has 0 aromatic carbocycles. The molecule has 2 saturated carbocycles. The summed E-state index contributed by atoms with van der Waals surface area (Å²) in [7, 11) is 0. The third-order valence-corrected chi connectivity index (χ3v) is 6.26. The zero-order chi connectivity index (χ0) is 15.3. The van der Waals surface area contributed by atoms with Crippen LogP contribution in [0.4, 0.5) is 0 Å². The predicted molar refractivity (Wildman–Crippen MR) is 93.6 cm³/mol. The third kappa shape index (κ3) is 4.98. The molecule has 1 heteroatoms. The maximum Gasteiger partial charge on any atom is 0.00967 e. The first-order chi connectivity index (χ1) is 9.95. The quantitative estimate of drug-likeness (QED) is 0.640. The van der Waals surface area contributed by atoms with Gasteiger partial charge in [-0.25, -0.2) is 0 Å². The fourth-order valence-electron chi connectivity index (χ4n) is 4.74. The van der Waals surface area contributed by atoms with E-state index in [-0.39, 0.29) is 5.54 Å². The van der Waals surface area contributed by atoms with Gasteiger partial charge in [0, 0.05) is 12.1 Å². The second kappa shape index (κ2) is 7.49. The van der Waals surface area contributed by atoms with Crippen molar-refractivity contribution in [3.8, 4) is 0 Å². The smallest absolute Gasteiger partial charge is 0.00967 e.